The zero-order valence-electron chi connectivity index (χ0n) is 14.6. The third-order valence-corrected chi connectivity index (χ3v) is 5.71. The maximum Gasteiger partial charge on any atom is 0.256 e. The van der Waals surface area contributed by atoms with Gasteiger partial charge in [-0.1, -0.05) is 11.3 Å². The van der Waals surface area contributed by atoms with E-state index in [0.29, 0.717) is 22.1 Å². The number of hydrogen-bond donors (Lipinski definition) is 1. The highest BCUT2D eigenvalue weighted by molar-refractivity contribution is 7.19. The number of aromatic nitrogens is 2. The van der Waals surface area contributed by atoms with Crippen LogP contribution in [0.3, 0.4) is 0 Å². The summed E-state index contributed by atoms with van der Waals surface area (Å²) in [6.45, 7) is 0. The summed E-state index contributed by atoms with van der Waals surface area (Å²) in [6, 6.07) is 11.0. The van der Waals surface area contributed by atoms with Crippen molar-refractivity contribution >= 4 is 43.8 Å². The summed E-state index contributed by atoms with van der Waals surface area (Å²) >= 11 is 2.88. The Morgan fingerprint density at radius 1 is 1.07 bits per heavy atom. The largest absolute Gasteiger partial charge is 0.497 e. The molecule has 4 rings (SSSR count). The van der Waals surface area contributed by atoms with Crippen LogP contribution in [0.5, 0.6) is 11.5 Å². The molecule has 1 amide bonds. The number of amides is 1. The Morgan fingerprint density at radius 3 is 2.78 bits per heavy atom. The number of rotatable bonds is 5. The number of nitrogens with one attached hydrogen (secondary N) is 1. The highest BCUT2D eigenvalue weighted by atomic mass is 32.1. The second kappa shape index (κ2) is 7.34. The fourth-order valence-electron chi connectivity index (χ4n) is 2.62. The van der Waals surface area contributed by atoms with E-state index in [4.69, 9.17) is 9.47 Å². The van der Waals surface area contributed by atoms with Gasteiger partial charge in [0.05, 0.1) is 41.7 Å². The van der Waals surface area contributed by atoms with E-state index in [1.54, 1.807) is 32.0 Å². The number of nitrogens with zero attached hydrogens (tertiary/aromatic N) is 2. The van der Waals surface area contributed by atoms with Gasteiger partial charge in [-0.15, -0.1) is 11.3 Å². The van der Waals surface area contributed by atoms with Crippen LogP contribution >= 0.6 is 22.7 Å². The molecule has 2 heterocycles. The Morgan fingerprint density at radius 2 is 1.96 bits per heavy atom. The maximum absolute atomic E-state index is 12.6. The first kappa shape index (κ1) is 17.4. The fourth-order valence-corrected chi connectivity index (χ4v) is 4.17. The van der Waals surface area contributed by atoms with E-state index in [1.165, 1.54) is 22.7 Å². The minimum Gasteiger partial charge on any atom is -0.497 e. The highest BCUT2D eigenvalue weighted by Crippen LogP contribution is 2.37. The SMILES string of the molecule is COc1ccc(OC)c(-c2ncc(NC(=O)c3ccc4ncsc4c3)s2)c1. The molecule has 0 saturated heterocycles. The molecule has 6 nitrogen and oxygen atoms in total. The Balaban J connectivity index is 1.58. The van der Waals surface area contributed by atoms with Gasteiger partial charge in [0.25, 0.3) is 5.91 Å². The van der Waals surface area contributed by atoms with Crippen molar-refractivity contribution < 1.29 is 14.3 Å². The van der Waals surface area contributed by atoms with E-state index in [-0.39, 0.29) is 5.91 Å². The molecule has 0 radical (unpaired) electrons. The minimum absolute atomic E-state index is 0.182. The summed E-state index contributed by atoms with van der Waals surface area (Å²) in [5.41, 5.74) is 4.06. The predicted octanol–water partition coefficient (Wildman–Crippen LogP) is 4.69. The van der Waals surface area contributed by atoms with Gasteiger partial charge in [-0.05, 0) is 36.4 Å². The minimum atomic E-state index is -0.182. The average Bonchev–Trinajstić information content (AvgIpc) is 3.36. The van der Waals surface area contributed by atoms with E-state index in [2.05, 4.69) is 15.3 Å². The molecule has 0 bridgehead atoms. The number of ether oxygens (including phenoxy) is 2. The summed E-state index contributed by atoms with van der Waals surface area (Å²) in [4.78, 5) is 21.2. The van der Waals surface area contributed by atoms with Crippen LogP contribution in [0.25, 0.3) is 20.8 Å². The number of thiazole rings is 2. The zero-order chi connectivity index (χ0) is 18.8. The molecule has 0 aliphatic carbocycles. The van der Waals surface area contributed by atoms with E-state index >= 15 is 0 Å². The standard InChI is InChI=1S/C19H15N3O3S2/c1-24-12-4-6-15(25-2)13(8-12)19-20-9-17(27-19)22-18(23)11-3-5-14-16(7-11)26-10-21-14/h3-10H,1-2H3,(H,22,23). The third-order valence-electron chi connectivity index (χ3n) is 3.97. The van der Waals surface area contributed by atoms with Crippen molar-refractivity contribution in [2.24, 2.45) is 0 Å². The van der Waals surface area contributed by atoms with Crippen LogP contribution in [0.1, 0.15) is 10.4 Å². The molecule has 0 aliphatic rings. The summed E-state index contributed by atoms with van der Waals surface area (Å²) in [5, 5.41) is 4.29. The lowest BCUT2D eigenvalue weighted by Crippen LogP contribution is -2.10. The summed E-state index contributed by atoms with van der Waals surface area (Å²) in [7, 11) is 3.22. The number of anilines is 1. The molecule has 0 fully saturated rings. The molecule has 4 aromatic rings. The van der Waals surface area contributed by atoms with Crippen molar-refractivity contribution in [1.29, 1.82) is 0 Å². The van der Waals surface area contributed by atoms with Crippen LogP contribution in [-0.2, 0) is 0 Å². The lowest BCUT2D eigenvalue weighted by Gasteiger charge is -2.08. The van der Waals surface area contributed by atoms with Crippen molar-refractivity contribution in [2.45, 2.75) is 0 Å². The van der Waals surface area contributed by atoms with Crippen LogP contribution in [0.15, 0.2) is 48.1 Å². The fraction of sp³-hybridized carbons (Fsp3) is 0.105. The van der Waals surface area contributed by atoms with Gasteiger partial charge >= 0.3 is 0 Å². The van der Waals surface area contributed by atoms with E-state index < -0.39 is 0 Å². The molecule has 0 aliphatic heterocycles. The quantitative estimate of drug-likeness (QED) is 0.529. The van der Waals surface area contributed by atoms with E-state index in [1.807, 2.05) is 30.3 Å². The van der Waals surface area contributed by atoms with Gasteiger partial charge < -0.3 is 14.8 Å². The lowest BCUT2D eigenvalue weighted by molar-refractivity contribution is 0.102. The molecule has 0 unspecified atom stereocenters. The second-order valence-corrected chi connectivity index (χ2v) is 7.50. The number of carbonyl (C=O) groups excluding carboxylic acids is 1. The first-order valence-electron chi connectivity index (χ1n) is 8.01. The van der Waals surface area contributed by atoms with Crippen molar-refractivity contribution in [3.63, 3.8) is 0 Å². The van der Waals surface area contributed by atoms with Crippen LogP contribution < -0.4 is 14.8 Å². The number of carbonyl (C=O) groups is 1. The van der Waals surface area contributed by atoms with Gasteiger partial charge in [0.15, 0.2) is 0 Å². The van der Waals surface area contributed by atoms with Crippen molar-refractivity contribution in [3.8, 4) is 22.1 Å². The second-order valence-electron chi connectivity index (χ2n) is 5.58. The first-order chi connectivity index (χ1) is 13.2. The van der Waals surface area contributed by atoms with Gasteiger partial charge in [0.2, 0.25) is 0 Å². The normalized spacial score (nSPS) is 10.7. The summed E-state index contributed by atoms with van der Waals surface area (Å²) < 4.78 is 11.7. The van der Waals surface area contributed by atoms with Crippen molar-refractivity contribution in [2.75, 3.05) is 19.5 Å². The zero-order valence-corrected chi connectivity index (χ0v) is 16.2. The van der Waals surface area contributed by atoms with Crippen LogP contribution in [0.4, 0.5) is 5.00 Å². The van der Waals surface area contributed by atoms with Crippen LogP contribution in [-0.4, -0.2) is 30.1 Å². The van der Waals surface area contributed by atoms with Gasteiger partial charge in [-0.25, -0.2) is 9.97 Å². The van der Waals surface area contributed by atoms with Crippen molar-refractivity contribution in [3.05, 3.63) is 53.7 Å². The first-order valence-corrected chi connectivity index (χ1v) is 9.70. The number of benzene rings is 2. The van der Waals surface area contributed by atoms with Crippen LogP contribution in [0, 0.1) is 0 Å². The number of hydrogen-bond acceptors (Lipinski definition) is 7. The number of fused-ring (bicyclic) bond motifs is 1. The molecule has 0 atom stereocenters. The molecule has 136 valence electrons. The van der Waals surface area contributed by atoms with Crippen molar-refractivity contribution in [1.82, 2.24) is 9.97 Å². The molecule has 27 heavy (non-hydrogen) atoms. The number of methoxy groups -OCH3 is 2. The van der Waals surface area contributed by atoms with Crippen LogP contribution in [0.2, 0.25) is 0 Å². The van der Waals surface area contributed by atoms with E-state index in [0.717, 1.165) is 20.8 Å². The maximum atomic E-state index is 12.6. The third kappa shape index (κ3) is 3.49. The molecule has 0 spiro atoms. The molecule has 1 N–H and O–H groups in total. The highest BCUT2D eigenvalue weighted by Gasteiger charge is 2.14. The van der Waals surface area contributed by atoms with Gasteiger partial charge in [0, 0.05) is 5.56 Å². The predicted molar refractivity (Wildman–Crippen MR) is 108 cm³/mol. The molecule has 0 saturated carbocycles. The van der Waals surface area contributed by atoms with Gasteiger partial charge in [0.1, 0.15) is 21.5 Å². The molecular formula is C19H15N3O3S2. The summed E-state index contributed by atoms with van der Waals surface area (Å²) in [6.07, 6.45) is 1.64. The Bertz CT molecular complexity index is 1120. The Hall–Kier alpha value is -2.97. The monoisotopic (exact) mass is 397 g/mol. The molecule has 2 aromatic carbocycles. The molecule has 2 aromatic heterocycles. The molecular weight excluding hydrogens is 382 g/mol. The van der Waals surface area contributed by atoms with Gasteiger partial charge in [-0.3, -0.25) is 4.79 Å². The smallest absolute Gasteiger partial charge is 0.256 e. The Kier molecular flexibility index (Phi) is 4.74. The molecule has 8 heteroatoms. The topological polar surface area (TPSA) is 73.3 Å². The lowest BCUT2D eigenvalue weighted by atomic mass is 10.2. The Labute approximate surface area is 163 Å². The van der Waals surface area contributed by atoms with E-state index in [9.17, 15) is 4.79 Å². The average molecular weight is 397 g/mol. The van der Waals surface area contributed by atoms with Gasteiger partial charge in [-0.2, -0.15) is 0 Å². The summed E-state index contributed by atoms with van der Waals surface area (Å²) in [5.74, 6) is 1.22.